The molecular weight excluding hydrogens is 354 g/mol. The van der Waals surface area contributed by atoms with E-state index in [-0.39, 0.29) is 29.6 Å². The number of amides is 1. The second kappa shape index (κ2) is 6.92. The smallest absolute Gasteiger partial charge is 0.305 e. The lowest BCUT2D eigenvalue weighted by molar-refractivity contribution is 0.0687. The van der Waals surface area contributed by atoms with Gasteiger partial charge in [0.25, 0.3) is 16.1 Å². The largest absolute Gasteiger partial charge is 0.335 e. The summed E-state index contributed by atoms with van der Waals surface area (Å²) in [6.07, 6.45) is 0. The van der Waals surface area contributed by atoms with Gasteiger partial charge in [0.1, 0.15) is 5.69 Å². The minimum atomic E-state index is -3.47. The number of thiazole rings is 1. The van der Waals surface area contributed by atoms with Crippen LogP contribution in [-0.4, -0.2) is 97.1 Å². The molecule has 0 atom stereocenters. The van der Waals surface area contributed by atoms with Crippen molar-refractivity contribution in [2.45, 2.75) is 0 Å². The molecule has 134 valence electrons. The van der Waals surface area contributed by atoms with Gasteiger partial charge in [-0.2, -0.15) is 17.0 Å². The molecule has 2 aliphatic rings. The first-order valence-corrected chi connectivity index (χ1v) is 10.1. The molecule has 1 aromatic rings. The van der Waals surface area contributed by atoms with Crippen LogP contribution in [0.2, 0.25) is 0 Å². The topological polar surface area (TPSA) is 97.0 Å². The Labute approximate surface area is 144 Å². The van der Waals surface area contributed by atoms with Crippen molar-refractivity contribution in [2.24, 2.45) is 0 Å². The van der Waals surface area contributed by atoms with Crippen molar-refractivity contribution >= 4 is 27.5 Å². The molecule has 2 aliphatic heterocycles. The van der Waals surface area contributed by atoms with Crippen LogP contribution in [0.25, 0.3) is 0 Å². The summed E-state index contributed by atoms with van der Waals surface area (Å²) in [5.74, 6) is -0.259. The van der Waals surface area contributed by atoms with Gasteiger partial charge < -0.3 is 14.8 Å². The zero-order chi connectivity index (χ0) is 17.3. The van der Waals surface area contributed by atoms with E-state index in [1.54, 1.807) is 4.90 Å². The second-order valence-electron chi connectivity index (χ2n) is 5.96. The third-order valence-corrected chi connectivity index (χ3v) is 7.10. The SMILES string of the molecule is CN1CCN(S(=O)(=O)N2CCN(C(=O)c3csc(=O)[nH]3)CC2)CC1. The number of aromatic amines is 1. The highest BCUT2D eigenvalue weighted by atomic mass is 32.2. The van der Waals surface area contributed by atoms with Crippen LogP contribution in [0.5, 0.6) is 0 Å². The lowest BCUT2D eigenvalue weighted by atomic mass is 10.3. The number of hydrogen-bond acceptors (Lipinski definition) is 6. The summed E-state index contributed by atoms with van der Waals surface area (Å²) in [5, 5.41) is 1.50. The highest BCUT2D eigenvalue weighted by Gasteiger charge is 2.34. The molecule has 1 N–H and O–H groups in total. The quantitative estimate of drug-likeness (QED) is 0.707. The van der Waals surface area contributed by atoms with E-state index in [2.05, 4.69) is 9.88 Å². The molecule has 2 saturated heterocycles. The Morgan fingerprint density at radius 1 is 1.04 bits per heavy atom. The van der Waals surface area contributed by atoms with Crippen molar-refractivity contribution in [3.8, 4) is 0 Å². The van der Waals surface area contributed by atoms with Crippen molar-refractivity contribution in [2.75, 3.05) is 59.4 Å². The van der Waals surface area contributed by atoms with Crippen LogP contribution in [0, 0.1) is 0 Å². The van der Waals surface area contributed by atoms with Crippen LogP contribution in [-0.2, 0) is 10.2 Å². The fraction of sp³-hybridized carbons (Fsp3) is 0.692. The van der Waals surface area contributed by atoms with E-state index in [0.29, 0.717) is 26.2 Å². The van der Waals surface area contributed by atoms with Gasteiger partial charge in [-0.1, -0.05) is 11.3 Å². The molecule has 0 saturated carbocycles. The molecule has 3 rings (SSSR count). The van der Waals surface area contributed by atoms with E-state index >= 15 is 0 Å². The van der Waals surface area contributed by atoms with Gasteiger partial charge in [0, 0.05) is 57.7 Å². The van der Waals surface area contributed by atoms with E-state index in [4.69, 9.17) is 0 Å². The monoisotopic (exact) mass is 375 g/mol. The van der Waals surface area contributed by atoms with Gasteiger partial charge >= 0.3 is 4.87 Å². The Morgan fingerprint density at radius 2 is 1.58 bits per heavy atom. The first-order chi connectivity index (χ1) is 11.4. The molecule has 0 aromatic carbocycles. The lowest BCUT2D eigenvalue weighted by Crippen LogP contribution is -2.57. The zero-order valence-corrected chi connectivity index (χ0v) is 15.1. The van der Waals surface area contributed by atoms with Crippen LogP contribution >= 0.6 is 11.3 Å². The molecule has 0 bridgehead atoms. The predicted octanol–water partition coefficient (Wildman–Crippen LogP) is -1.31. The number of aromatic nitrogens is 1. The van der Waals surface area contributed by atoms with Gasteiger partial charge in [-0.25, -0.2) is 0 Å². The van der Waals surface area contributed by atoms with E-state index < -0.39 is 10.2 Å². The summed E-state index contributed by atoms with van der Waals surface area (Å²) >= 11 is 0.945. The molecule has 2 fully saturated rings. The molecule has 0 aliphatic carbocycles. The Kier molecular flexibility index (Phi) is 5.06. The zero-order valence-electron chi connectivity index (χ0n) is 13.5. The molecule has 24 heavy (non-hydrogen) atoms. The highest BCUT2D eigenvalue weighted by molar-refractivity contribution is 7.86. The summed E-state index contributed by atoms with van der Waals surface area (Å²) in [7, 11) is -1.50. The first kappa shape index (κ1) is 17.5. The molecule has 1 aromatic heterocycles. The first-order valence-electron chi connectivity index (χ1n) is 7.79. The number of hydrogen-bond donors (Lipinski definition) is 1. The average Bonchev–Trinajstić information content (AvgIpc) is 3.01. The Bertz CT molecular complexity index is 742. The highest BCUT2D eigenvalue weighted by Crippen LogP contribution is 2.15. The van der Waals surface area contributed by atoms with Crippen molar-refractivity contribution in [1.29, 1.82) is 0 Å². The number of rotatable bonds is 3. The van der Waals surface area contributed by atoms with Gasteiger partial charge in [-0.15, -0.1) is 0 Å². The summed E-state index contributed by atoms with van der Waals surface area (Å²) in [5.41, 5.74) is 0.264. The molecule has 0 radical (unpaired) electrons. The lowest BCUT2D eigenvalue weighted by Gasteiger charge is -2.38. The fourth-order valence-corrected chi connectivity index (χ4v) is 4.99. The van der Waals surface area contributed by atoms with E-state index in [1.807, 2.05) is 7.05 Å². The summed E-state index contributed by atoms with van der Waals surface area (Å²) < 4.78 is 28.3. The molecule has 0 spiro atoms. The van der Waals surface area contributed by atoms with E-state index in [0.717, 1.165) is 24.4 Å². The predicted molar refractivity (Wildman–Crippen MR) is 90.4 cm³/mol. The van der Waals surface area contributed by atoms with E-state index in [1.165, 1.54) is 14.0 Å². The minimum absolute atomic E-state index is 0.259. The molecule has 0 unspecified atom stereocenters. The van der Waals surface area contributed by atoms with Crippen LogP contribution in [0.3, 0.4) is 0 Å². The van der Waals surface area contributed by atoms with Crippen LogP contribution < -0.4 is 4.87 Å². The summed E-state index contributed by atoms with van der Waals surface area (Å²) in [6.45, 7) is 3.63. The number of nitrogens with zero attached hydrogens (tertiary/aromatic N) is 4. The normalized spacial score (nSPS) is 22.0. The number of likely N-dealkylation sites (N-methyl/N-ethyl adjacent to an activating group) is 1. The van der Waals surface area contributed by atoms with Crippen LogP contribution in [0.1, 0.15) is 10.5 Å². The number of H-pyrrole nitrogens is 1. The average molecular weight is 375 g/mol. The summed E-state index contributed by atoms with van der Waals surface area (Å²) in [4.78, 5) is 29.3. The third-order valence-electron chi connectivity index (χ3n) is 4.39. The number of piperazine rings is 2. The van der Waals surface area contributed by atoms with Crippen molar-refractivity contribution in [1.82, 2.24) is 23.4 Å². The van der Waals surface area contributed by atoms with Crippen molar-refractivity contribution in [3.05, 3.63) is 20.7 Å². The molecule has 3 heterocycles. The number of carbonyl (C=O) groups is 1. The van der Waals surface area contributed by atoms with Crippen molar-refractivity contribution < 1.29 is 13.2 Å². The van der Waals surface area contributed by atoms with Crippen LogP contribution in [0.4, 0.5) is 0 Å². The Balaban J connectivity index is 1.60. The molecule has 1 amide bonds. The van der Waals surface area contributed by atoms with E-state index in [9.17, 15) is 18.0 Å². The third kappa shape index (κ3) is 3.54. The maximum atomic E-state index is 12.7. The van der Waals surface area contributed by atoms with Gasteiger partial charge in [0.2, 0.25) is 0 Å². The maximum absolute atomic E-state index is 12.7. The summed E-state index contributed by atoms with van der Waals surface area (Å²) in [6, 6.07) is 0. The van der Waals surface area contributed by atoms with Crippen molar-refractivity contribution in [3.63, 3.8) is 0 Å². The Morgan fingerprint density at radius 3 is 2.08 bits per heavy atom. The maximum Gasteiger partial charge on any atom is 0.305 e. The van der Waals surface area contributed by atoms with Crippen LogP contribution in [0.15, 0.2) is 10.2 Å². The molecule has 9 nitrogen and oxygen atoms in total. The Hall–Kier alpha value is -1.27. The minimum Gasteiger partial charge on any atom is -0.335 e. The molecule has 11 heteroatoms. The number of carbonyl (C=O) groups excluding carboxylic acids is 1. The van der Waals surface area contributed by atoms with Gasteiger partial charge in [-0.3, -0.25) is 9.59 Å². The van der Waals surface area contributed by atoms with Gasteiger partial charge in [0.05, 0.1) is 0 Å². The van der Waals surface area contributed by atoms with Gasteiger partial charge in [0.15, 0.2) is 0 Å². The number of nitrogens with one attached hydrogen (secondary N) is 1. The van der Waals surface area contributed by atoms with Gasteiger partial charge in [-0.05, 0) is 7.05 Å². The molecular formula is C13H21N5O4S2. The fourth-order valence-electron chi connectivity index (χ4n) is 2.86. The standard InChI is InChI=1S/C13H21N5O4S2/c1-15-2-6-17(7-3-15)24(21,22)18-8-4-16(5-9-18)12(19)11-10-23-13(20)14-11/h10H,2-9H2,1H3,(H,14,20). The second-order valence-corrected chi connectivity index (χ2v) is 8.73.